The van der Waals surface area contributed by atoms with Crippen LogP contribution in [0.1, 0.15) is 36.5 Å². The van der Waals surface area contributed by atoms with E-state index >= 15 is 0 Å². The number of anilines is 3. The summed E-state index contributed by atoms with van der Waals surface area (Å²) < 4.78 is 27.9. The number of nitrogens with one attached hydrogen (secondary N) is 2. The maximum atomic E-state index is 14.5. The van der Waals surface area contributed by atoms with Crippen LogP contribution in [0.15, 0.2) is 24.5 Å². The van der Waals surface area contributed by atoms with Gasteiger partial charge in [0, 0.05) is 18.2 Å². The van der Waals surface area contributed by atoms with E-state index in [1.165, 1.54) is 12.3 Å². The number of aromatic nitrogens is 2. The smallest absolute Gasteiger partial charge is 0.252 e. The fourth-order valence-electron chi connectivity index (χ4n) is 2.78. The molecule has 1 aliphatic rings. The van der Waals surface area contributed by atoms with Crippen LogP contribution in [0.3, 0.4) is 0 Å². The highest BCUT2D eigenvalue weighted by Crippen LogP contribution is 2.35. The predicted molar refractivity (Wildman–Crippen MR) is 98.6 cm³/mol. The lowest BCUT2D eigenvalue weighted by atomic mass is 10.0. The van der Waals surface area contributed by atoms with E-state index in [2.05, 4.69) is 20.6 Å². The van der Waals surface area contributed by atoms with Crippen molar-refractivity contribution < 1.29 is 13.6 Å². The number of primary amides is 1. The normalized spacial score (nSPS) is 15.9. The molecule has 0 radical (unpaired) electrons. The number of hydrogen-bond donors (Lipinski definition) is 4. The summed E-state index contributed by atoms with van der Waals surface area (Å²) in [5, 5.41) is 5.79. The second kappa shape index (κ2) is 7.83. The Morgan fingerprint density at radius 1 is 1.30 bits per heavy atom. The third kappa shape index (κ3) is 4.88. The summed E-state index contributed by atoms with van der Waals surface area (Å²) in [7, 11) is 0. The lowest BCUT2D eigenvalue weighted by Crippen LogP contribution is -2.39. The second-order valence-corrected chi connectivity index (χ2v) is 6.89. The highest BCUT2D eigenvalue weighted by molar-refractivity contribution is 5.98. The number of halogens is 2. The zero-order valence-electron chi connectivity index (χ0n) is 14.9. The fourth-order valence-corrected chi connectivity index (χ4v) is 2.78. The Morgan fingerprint density at radius 3 is 2.63 bits per heavy atom. The van der Waals surface area contributed by atoms with E-state index < -0.39 is 17.5 Å². The molecule has 6 N–H and O–H groups in total. The van der Waals surface area contributed by atoms with Crippen LogP contribution in [-0.4, -0.2) is 28.0 Å². The number of nitrogens with two attached hydrogens (primary N) is 2. The minimum atomic E-state index is -0.860. The maximum Gasteiger partial charge on any atom is 0.252 e. The molecule has 2 aromatic rings. The van der Waals surface area contributed by atoms with Gasteiger partial charge in [0.1, 0.15) is 11.6 Å². The molecule has 3 rings (SSSR count). The Kier molecular flexibility index (Phi) is 5.50. The number of amides is 1. The molecule has 0 aliphatic heterocycles. The molecule has 0 aromatic carbocycles. The molecule has 1 fully saturated rings. The van der Waals surface area contributed by atoms with Gasteiger partial charge in [-0.15, -0.1) is 0 Å². The Hall–Kier alpha value is -2.81. The Labute approximate surface area is 155 Å². The summed E-state index contributed by atoms with van der Waals surface area (Å²) in [5.74, 6) is -1.60. The molecular weight excluding hydrogens is 354 g/mol. The van der Waals surface area contributed by atoms with Gasteiger partial charge in [0.15, 0.2) is 11.6 Å². The van der Waals surface area contributed by atoms with Crippen LogP contribution in [0.4, 0.5) is 26.1 Å². The standard InChI is InChI=1S/C18H22F2N6O/c1-9(21)15(4-10-2-3-10)25-18-14(20)6-13(16(22)27)17(26-18)24-12-5-11(19)7-23-8-12/h5-10,15H,2-4,21H2,1H3,(H2,22,27)(H2,24,25,26). The Bertz CT molecular complexity index is 841. The fraction of sp³-hybridized carbons (Fsp3) is 0.389. The van der Waals surface area contributed by atoms with Crippen molar-refractivity contribution in [3.63, 3.8) is 0 Å². The minimum Gasteiger partial charge on any atom is -0.365 e. The van der Waals surface area contributed by atoms with Crippen molar-refractivity contribution in [3.8, 4) is 0 Å². The first-order valence-corrected chi connectivity index (χ1v) is 8.73. The first-order chi connectivity index (χ1) is 12.8. The Morgan fingerprint density at radius 2 is 2.04 bits per heavy atom. The highest BCUT2D eigenvalue weighted by atomic mass is 19.1. The van der Waals surface area contributed by atoms with E-state index in [1.807, 2.05) is 6.92 Å². The molecule has 1 aliphatic carbocycles. The molecule has 0 saturated heterocycles. The number of carbonyl (C=O) groups is 1. The number of rotatable bonds is 8. The number of carbonyl (C=O) groups excluding carboxylic acids is 1. The van der Waals surface area contributed by atoms with Crippen LogP contribution in [-0.2, 0) is 0 Å². The summed E-state index contributed by atoms with van der Waals surface area (Å²) >= 11 is 0. The van der Waals surface area contributed by atoms with Crippen molar-refractivity contribution in [3.05, 3.63) is 41.7 Å². The first-order valence-electron chi connectivity index (χ1n) is 8.73. The van der Waals surface area contributed by atoms with E-state index in [1.54, 1.807) is 0 Å². The molecule has 7 nitrogen and oxygen atoms in total. The SMILES string of the molecule is CC(N)C(CC1CC1)Nc1nc(Nc2cncc(F)c2)c(C(N)=O)cc1F. The van der Waals surface area contributed by atoms with Crippen LogP contribution in [0, 0.1) is 17.6 Å². The van der Waals surface area contributed by atoms with Gasteiger partial charge < -0.3 is 22.1 Å². The van der Waals surface area contributed by atoms with Gasteiger partial charge in [0.05, 0.1) is 23.6 Å². The summed E-state index contributed by atoms with van der Waals surface area (Å²) in [6, 6.07) is 1.80. The van der Waals surface area contributed by atoms with Gasteiger partial charge in [0.25, 0.3) is 5.91 Å². The molecule has 1 amide bonds. The lowest BCUT2D eigenvalue weighted by molar-refractivity contribution is 0.100. The van der Waals surface area contributed by atoms with E-state index in [9.17, 15) is 13.6 Å². The predicted octanol–water partition coefficient (Wildman–Crippen LogP) is 2.53. The average Bonchev–Trinajstić information content (AvgIpc) is 3.40. The Balaban J connectivity index is 1.91. The highest BCUT2D eigenvalue weighted by Gasteiger charge is 2.28. The second-order valence-electron chi connectivity index (χ2n) is 6.89. The third-order valence-corrected chi connectivity index (χ3v) is 4.45. The zero-order chi connectivity index (χ0) is 19.6. The van der Waals surface area contributed by atoms with Crippen molar-refractivity contribution >= 4 is 23.2 Å². The molecule has 9 heteroatoms. The summed E-state index contributed by atoms with van der Waals surface area (Å²) in [5.41, 5.74) is 11.4. The topological polar surface area (TPSA) is 119 Å². The molecule has 2 aromatic heterocycles. The van der Waals surface area contributed by atoms with Crippen LogP contribution in [0.2, 0.25) is 0 Å². The molecule has 2 heterocycles. The minimum absolute atomic E-state index is 0.00801. The summed E-state index contributed by atoms with van der Waals surface area (Å²) in [6.45, 7) is 1.84. The largest absolute Gasteiger partial charge is 0.365 e. The monoisotopic (exact) mass is 376 g/mol. The van der Waals surface area contributed by atoms with E-state index in [0.717, 1.165) is 31.5 Å². The molecule has 1 saturated carbocycles. The molecular formula is C18H22F2N6O. The van der Waals surface area contributed by atoms with E-state index in [-0.39, 0.29) is 35.0 Å². The van der Waals surface area contributed by atoms with Crippen LogP contribution in [0.5, 0.6) is 0 Å². The van der Waals surface area contributed by atoms with Crippen molar-refractivity contribution in [1.82, 2.24) is 9.97 Å². The average molecular weight is 376 g/mol. The van der Waals surface area contributed by atoms with E-state index in [0.29, 0.717) is 5.92 Å². The number of pyridine rings is 2. The van der Waals surface area contributed by atoms with Gasteiger partial charge in [-0.1, -0.05) is 12.8 Å². The summed E-state index contributed by atoms with van der Waals surface area (Å²) in [4.78, 5) is 19.6. The van der Waals surface area contributed by atoms with Crippen molar-refractivity contribution in [2.24, 2.45) is 17.4 Å². The maximum absolute atomic E-state index is 14.5. The van der Waals surface area contributed by atoms with Crippen molar-refractivity contribution in [2.45, 2.75) is 38.3 Å². The molecule has 144 valence electrons. The number of nitrogens with zero attached hydrogens (tertiary/aromatic N) is 2. The van der Waals surface area contributed by atoms with Gasteiger partial charge in [-0.05, 0) is 25.3 Å². The van der Waals surface area contributed by atoms with Crippen molar-refractivity contribution in [1.29, 1.82) is 0 Å². The van der Waals surface area contributed by atoms with Crippen LogP contribution >= 0.6 is 0 Å². The molecule has 2 atom stereocenters. The van der Waals surface area contributed by atoms with Crippen LogP contribution < -0.4 is 22.1 Å². The quantitative estimate of drug-likeness (QED) is 0.562. The van der Waals surface area contributed by atoms with Gasteiger partial charge in [-0.2, -0.15) is 0 Å². The molecule has 2 unspecified atom stereocenters. The van der Waals surface area contributed by atoms with Gasteiger partial charge in [-0.3, -0.25) is 9.78 Å². The molecule has 27 heavy (non-hydrogen) atoms. The van der Waals surface area contributed by atoms with Crippen molar-refractivity contribution in [2.75, 3.05) is 10.6 Å². The molecule has 0 spiro atoms. The summed E-state index contributed by atoms with van der Waals surface area (Å²) in [6.07, 6.45) is 5.48. The van der Waals surface area contributed by atoms with Crippen LogP contribution in [0.25, 0.3) is 0 Å². The van der Waals surface area contributed by atoms with Gasteiger partial charge in [0.2, 0.25) is 0 Å². The number of hydrogen-bond acceptors (Lipinski definition) is 6. The lowest BCUT2D eigenvalue weighted by Gasteiger charge is -2.23. The first kappa shape index (κ1) is 19.0. The molecule has 0 bridgehead atoms. The van der Waals surface area contributed by atoms with Gasteiger partial charge >= 0.3 is 0 Å². The zero-order valence-corrected chi connectivity index (χ0v) is 14.9. The van der Waals surface area contributed by atoms with Gasteiger partial charge in [-0.25, -0.2) is 13.8 Å². The van der Waals surface area contributed by atoms with E-state index in [4.69, 9.17) is 11.5 Å². The third-order valence-electron chi connectivity index (χ3n) is 4.45.